The lowest BCUT2D eigenvalue weighted by Crippen LogP contribution is -2.68. The molecule has 1 spiro atoms. The SMILES string of the molecule is CCCCCC1NC2=C(Br)NC(=O)N3C(CCCc4nc(-c5ccccc5)no4)=NNC23N1. The fraction of sp³-hybridized carbons (Fsp3) is 0.455. The van der Waals surface area contributed by atoms with Crippen molar-refractivity contribution >= 4 is 27.8 Å². The molecule has 5 rings (SSSR count). The van der Waals surface area contributed by atoms with Gasteiger partial charge in [0.1, 0.15) is 16.1 Å². The Morgan fingerprint density at radius 2 is 2.03 bits per heavy atom. The van der Waals surface area contributed by atoms with Gasteiger partial charge in [-0.1, -0.05) is 61.7 Å². The van der Waals surface area contributed by atoms with Gasteiger partial charge in [-0.2, -0.15) is 10.1 Å². The largest absolute Gasteiger partial charge is 0.366 e. The number of hydrogen-bond acceptors (Lipinski definition) is 8. The molecule has 1 fully saturated rings. The van der Waals surface area contributed by atoms with Gasteiger partial charge < -0.3 is 9.84 Å². The molecule has 1 saturated heterocycles. The van der Waals surface area contributed by atoms with Crippen LogP contribution in [-0.2, 0) is 6.42 Å². The molecule has 0 bridgehead atoms. The third kappa shape index (κ3) is 4.10. The molecule has 0 saturated carbocycles. The highest BCUT2D eigenvalue weighted by Crippen LogP contribution is 2.36. The molecule has 3 aliphatic rings. The van der Waals surface area contributed by atoms with Gasteiger partial charge in [-0.15, -0.1) is 0 Å². The second-order valence-corrected chi connectivity index (χ2v) is 9.17. The number of amidine groups is 1. The van der Waals surface area contributed by atoms with E-state index in [9.17, 15) is 4.79 Å². The number of amides is 2. The number of nitrogens with zero attached hydrogens (tertiary/aromatic N) is 4. The fourth-order valence-electron chi connectivity index (χ4n) is 4.42. The van der Waals surface area contributed by atoms with Crippen LogP contribution in [0.1, 0.15) is 51.3 Å². The minimum atomic E-state index is -0.891. The van der Waals surface area contributed by atoms with Gasteiger partial charge in [-0.25, -0.2) is 9.69 Å². The molecule has 1 aromatic carbocycles. The predicted molar refractivity (Wildman–Crippen MR) is 126 cm³/mol. The first kappa shape index (κ1) is 21.9. The second kappa shape index (κ2) is 9.14. The van der Waals surface area contributed by atoms with E-state index in [0.29, 0.717) is 41.4 Å². The van der Waals surface area contributed by atoms with Crippen molar-refractivity contribution < 1.29 is 9.32 Å². The third-order valence-corrected chi connectivity index (χ3v) is 6.63. The van der Waals surface area contributed by atoms with Gasteiger partial charge in [0, 0.05) is 18.4 Å². The maximum atomic E-state index is 12.9. The number of carbonyl (C=O) groups excluding carboxylic acids is 1. The molecule has 11 heteroatoms. The lowest BCUT2D eigenvalue weighted by Gasteiger charge is -2.38. The van der Waals surface area contributed by atoms with Gasteiger partial charge in [-0.3, -0.25) is 16.1 Å². The number of rotatable bonds is 9. The maximum Gasteiger partial charge on any atom is 0.331 e. The van der Waals surface area contributed by atoms with Crippen LogP contribution in [0.5, 0.6) is 0 Å². The van der Waals surface area contributed by atoms with E-state index < -0.39 is 5.79 Å². The summed E-state index contributed by atoms with van der Waals surface area (Å²) in [6, 6.07) is 9.50. The molecule has 2 aromatic rings. The number of aromatic nitrogens is 2. The number of urea groups is 1. The van der Waals surface area contributed by atoms with Crippen molar-refractivity contribution in [2.75, 3.05) is 0 Å². The summed E-state index contributed by atoms with van der Waals surface area (Å²) in [7, 11) is 0. The van der Waals surface area contributed by atoms with E-state index >= 15 is 0 Å². The summed E-state index contributed by atoms with van der Waals surface area (Å²) in [5, 5.41) is 18.5. The van der Waals surface area contributed by atoms with E-state index in [-0.39, 0.29) is 12.2 Å². The van der Waals surface area contributed by atoms with Crippen LogP contribution in [0.25, 0.3) is 11.4 Å². The Hall–Kier alpha value is -2.92. The molecule has 0 aliphatic carbocycles. The van der Waals surface area contributed by atoms with E-state index in [1.54, 1.807) is 4.90 Å². The van der Waals surface area contributed by atoms with E-state index in [1.165, 1.54) is 6.42 Å². The number of aryl methyl sites for hydroxylation is 1. The number of unbranched alkanes of at least 4 members (excludes halogenated alkanes) is 2. The molecule has 3 aliphatic heterocycles. The molecule has 2 atom stereocenters. The molecule has 0 radical (unpaired) electrons. The summed E-state index contributed by atoms with van der Waals surface area (Å²) in [4.78, 5) is 19.1. The Morgan fingerprint density at radius 1 is 1.18 bits per heavy atom. The minimum Gasteiger partial charge on any atom is -0.366 e. The second-order valence-electron chi connectivity index (χ2n) is 8.37. The number of hydrazone groups is 1. The normalized spacial score (nSPS) is 23.6. The standard InChI is InChI=1S/C22H27BrN8O2/c1-2-3-5-11-15-24-18-19(23)26-21(32)31-16(28-30-22(18,31)27-15)12-8-13-17-25-20(29-33-17)14-9-6-4-7-10-14/h4,6-7,9-10,15,24,27,30H,2-3,5,8,11-13H2,1H3,(H,26,32). The molecule has 1 aromatic heterocycles. The topological polar surface area (TPSA) is 120 Å². The Kier molecular flexibility index (Phi) is 6.07. The molecular formula is C22H27BrN8O2. The highest BCUT2D eigenvalue weighted by atomic mass is 79.9. The van der Waals surface area contributed by atoms with Gasteiger partial charge in [0.05, 0.1) is 6.17 Å². The van der Waals surface area contributed by atoms with Crippen molar-refractivity contribution in [3.8, 4) is 11.4 Å². The lowest BCUT2D eigenvalue weighted by atomic mass is 10.1. The van der Waals surface area contributed by atoms with Crippen molar-refractivity contribution in [2.45, 2.75) is 63.8 Å². The first-order chi connectivity index (χ1) is 16.1. The highest BCUT2D eigenvalue weighted by molar-refractivity contribution is 9.11. The first-order valence-corrected chi connectivity index (χ1v) is 12.2. The zero-order valence-corrected chi connectivity index (χ0v) is 20.0. The molecule has 4 heterocycles. The Bertz CT molecular complexity index is 1090. The van der Waals surface area contributed by atoms with Crippen LogP contribution in [0.4, 0.5) is 4.79 Å². The number of carbonyl (C=O) groups is 1. The Morgan fingerprint density at radius 3 is 2.85 bits per heavy atom. The molecule has 33 heavy (non-hydrogen) atoms. The zero-order valence-electron chi connectivity index (χ0n) is 18.4. The van der Waals surface area contributed by atoms with Crippen molar-refractivity contribution in [2.24, 2.45) is 5.10 Å². The van der Waals surface area contributed by atoms with Crippen molar-refractivity contribution in [1.29, 1.82) is 0 Å². The van der Waals surface area contributed by atoms with Crippen LogP contribution in [0.15, 0.2) is 50.3 Å². The number of nitrogens with one attached hydrogen (secondary N) is 4. The van der Waals surface area contributed by atoms with Gasteiger partial charge in [0.15, 0.2) is 0 Å². The molecule has 2 unspecified atom stereocenters. The van der Waals surface area contributed by atoms with Gasteiger partial charge >= 0.3 is 6.03 Å². The summed E-state index contributed by atoms with van der Waals surface area (Å²) in [6.07, 6.45) is 6.33. The summed E-state index contributed by atoms with van der Waals surface area (Å²) in [6.45, 7) is 2.19. The third-order valence-electron chi connectivity index (χ3n) is 6.03. The first-order valence-electron chi connectivity index (χ1n) is 11.4. The molecular weight excluding hydrogens is 488 g/mol. The van der Waals surface area contributed by atoms with Crippen molar-refractivity contribution in [3.63, 3.8) is 0 Å². The summed E-state index contributed by atoms with van der Waals surface area (Å²) < 4.78 is 6.03. The van der Waals surface area contributed by atoms with Crippen LogP contribution in [0, 0.1) is 0 Å². The lowest BCUT2D eigenvalue weighted by molar-refractivity contribution is 0.154. The highest BCUT2D eigenvalue weighted by Gasteiger charge is 2.58. The van der Waals surface area contributed by atoms with Crippen LogP contribution < -0.4 is 21.4 Å². The predicted octanol–water partition coefficient (Wildman–Crippen LogP) is 3.32. The summed E-state index contributed by atoms with van der Waals surface area (Å²) in [5.74, 6) is 0.919. The molecule has 4 N–H and O–H groups in total. The average molecular weight is 515 g/mol. The molecule has 10 nitrogen and oxygen atoms in total. The van der Waals surface area contributed by atoms with Crippen LogP contribution in [-0.4, -0.2) is 38.9 Å². The summed E-state index contributed by atoms with van der Waals surface area (Å²) in [5.41, 5.74) is 4.94. The Labute approximate surface area is 200 Å². The monoisotopic (exact) mass is 514 g/mol. The average Bonchev–Trinajstić information content (AvgIpc) is 3.53. The minimum absolute atomic E-state index is 0.0474. The van der Waals surface area contributed by atoms with Crippen LogP contribution >= 0.6 is 15.9 Å². The van der Waals surface area contributed by atoms with Gasteiger partial charge in [-0.05, 0) is 28.8 Å². The number of hydrogen-bond donors (Lipinski definition) is 4. The molecule has 2 amide bonds. The molecule has 174 valence electrons. The number of benzene rings is 1. The van der Waals surface area contributed by atoms with Crippen molar-refractivity contribution in [1.82, 2.24) is 36.4 Å². The van der Waals surface area contributed by atoms with E-state index in [2.05, 4.69) is 59.5 Å². The summed E-state index contributed by atoms with van der Waals surface area (Å²) >= 11 is 3.50. The van der Waals surface area contributed by atoms with Crippen LogP contribution in [0.3, 0.4) is 0 Å². The van der Waals surface area contributed by atoms with E-state index in [0.717, 1.165) is 30.5 Å². The van der Waals surface area contributed by atoms with Crippen LogP contribution in [0.2, 0.25) is 0 Å². The smallest absolute Gasteiger partial charge is 0.331 e. The maximum absolute atomic E-state index is 12.9. The number of halogens is 1. The van der Waals surface area contributed by atoms with Crippen molar-refractivity contribution in [3.05, 3.63) is 46.5 Å². The van der Waals surface area contributed by atoms with Gasteiger partial charge in [0.2, 0.25) is 17.5 Å². The zero-order chi connectivity index (χ0) is 22.8. The quantitative estimate of drug-likeness (QED) is 0.299. The van der Waals surface area contributed by atoms with E-state index in [4.69, 9.17) is 4.52 Å². The Balaban J connectivity index is 1.23. The fourth-order valence-corrected chi connectivity index (χ4v) is 4.99. The van der Waals surface area contributed by atoms with E-state index in [1.807, 2.05) is 30.3 Å². The van der Waals surface area contributed by atoms with Gasteiger partial charge in [0.25, 0.3) is 0 Å².